The molecule has 176 valence electrons. The Balaban J connectivity index is 1.46. The maximum Gasteiger partial charge on any atom is 0.248 e. The number of rotatable bonds is 8. The number of hydrogen-bond acceptors (Lipinski definition) is 4. The Morgan fingerprint density at radius 3 is 2.56 bits per heavy atom. The Morgan fingerprint density at radius 1 is 1.00 bits per heavy atom. The molecule has 1 saturated carbocycles. The molecule has 0 saturated heterocycles. The van der Waals surface area contributed by atoms with E-state index in [1.807, 2.05) is 65.5 Å². The highest BCUT2D eigenvalue weighted by Gasteiger charge is 2.34. The molecule has 0 bridgehead atoms. The first-order chi connectivity index (χ1) is 16.7. The van der Waals surface area contributed by atoms with Gasteiger partial charge in [-0.05, 0) is 47.4 Å². The Bertz CT molecular complexity index is 1220. The van der Waals surface area contributed by atoms with Crippen molar-refractivity contribution < 1.29 is 9.59 Å². The van der Waals surface area contributed by atoms with Gasteiger partial charge in [-0.25, -0.2) is 0 Å². The van der Waals surface area contributed by atoms with Crippen LogP contribution < -0.4 is 5.32 Å². The third kappa shape index (κ3) is 5.10. The zero-order valence-corrected chi connectivity index (χ0v) is 20.7. The number of para-hydroxylation sites is 1. The zero-order chi connectivity index (χ0) is 23.3. The van der Waals surface area contributed by atoms with Gasteiger partial charge in [0.05, 0.1) is 13.0 Å². The standard InChI is InChI=1S/C27H29N3O2S2/c31-25(16-19-17-28-23-12-5-4-11-22(19)23)30(18-21-10-6-14-33-21)26(24-13-7-15-34-24)27(32)29-20-8-2-1-3-9-20/h4-7,10-15,17,20,26,28H,1-3,8-9,16,18H2,(H,29,32)/t26-/m0/s1. The summed E-state index contributed by atoms with van der Waals surface area (Å²) >= 11 is 3.15. The molecular weight excluding hydrogens is 462 g/mol. The van der Waals surface area contributed by atoms with Crippen molar-refractivity contribution in [1.82, 2.24) is 15.2 Å². The summed E-state index contributed by atoms with van der Waals surface area (Å²) in [6.07, 6.45) is 7.70. The molecule has 1 atom stereocenters. The quantitative estimate of drug-likeness (QED) is 0.315. The molecule has 1 aromatic carbocycles. The lowest BCUT2D eigenvalue weighted by molar-refractivity contribution is -0.141. The number of H-pyrrole nitrogens is 1. The van der Waals surface area contributed by atoms with Gasteiger partial charge in [-0.1, -0.05) is 49.6 Å². The van der Waals surface area contributed by atoms with E-state index in [1.54, 1.807) is 16.2 Å². The maximum atomic E-state index is 13.9. The second-order valence-corrected chi connectivity index (χ2v) is 10.9. The van der Waals surface area contributed by atoms with Crippen LogP contribution in [0, 0.1) is 0 Å². The summed E-state index contributed by atoms with van der Waals surface area (Å²) in [6.45, 7) is 0.416. The minimum atomic E-state index is -0.637. The van der Waals surface area contributed by atoms with Gasteiger partial charge in [0.1, 0.15) is 6.04 Å². The number of thiophene rings is 2. The number of nitrogens with zero attached hydrogens (tertiary/aromatic N) is 1. The predicted molar refractivity (Wildman–Crippen MR) is 139 cm³/mol. The van der Waals surface area contributed by atoms with E-state index >= 15 is 0 Å². The number of carbonyl (C=O) groups excluding carboxylic acids is 2. The molecule has 1 fully saturated rings. The molecule has 1 aliphatic carbocycles. The van der Waals surface area contributed by atoms with Gasteiger partial charge >= 0.3 is 0 Å². The first-order valence-corrected chi connectivity index (χ1v) is 13.7. The summed E-state index contributed by atoms with van der Waals surface area (Å²) in [5.74, 6) is -0.117. The lowest BCUT2D eigenvalue weighted by atomic mass is 9.95. The molecule has 1 aliphatic rings. The first-order valence-electron chi connectivity index (χ1n) is 11.9. The van der Waals surface area contributed by atoms with Gasteiger partial charge in [-0.3, -0.25) is 9.59 Å². The van der Waals surface area contributed by atoms with Crippen LogP contribution in [0.25, 0.3) is 10.9 Å². The van der Waals surface area contributed by atoms with Crippen molar-refractivity contribution in [3.05, 3.63) is 80.8 Å². The molecule has 0 spiro atoms. The van der Waals surface area contributed by atoms with Crippen LogP contribution in [0.5, 0.6) is 0 Å². The van der Waals surface area contributed by atoms with Crippen LogP contribution in [0.4, 0.5) is 0 Å². The third-order valence-corrected chi connectivity index (χ3v) is 8.35. The van der Waals surface area contributed by atoms with Gasteiger partial charge in [0.15, 0.2) is 0 Å². The molecule has 5 rings (SSSR count). The van der Waals surface area contributed by atoms with Gasteiger partial charge in [0, 0.05) is 32.9 Å². The van der Waals surface area contributed by atoms with E-state index in [0.29, 0.717) is 6.54 Å². The molecule has 0 radical (unpaired) electrons. The molecule has 34 heavy (non-hydrogen) atoms. The Labute approximate surface area is 207 Å². The lowest BCUT2D eigenvalue weighted by Crippen LogP contribution is -2.46. The highest BCUT2D eigenvalue weighted by atomic mass is 32.1. The number of aromatic amines is 1. The zero-order valence-electron chi connectivity index (χ0n) is 19.0. The van der Waals surface area contributed by atoms with Gasteiger partial charge in [0.2, 0.25) is 11.8 Å². The molecule has 0 unspecified atom stereocenters. The smallest absolute Gasteiger partial charge is 0.248 e. The lowest BCUT2D eigenvalue weighted by Gasteiger charge is -2.32. The molecule has 2 amide bonds. The highest BCUT2D eigenvalue weighted by molar-refractivity contribution is 7.10. The topological polar surface area (TPSA) is 65.2 Å². The van der Waals surface area contributed by atoms with Crippen LogP contribution in [0.1, 0.15) is 53.5 Å². The molecule has 3 heterocycles. The molecule has 3 aromatic heterocycles. The SMILES string of the molecule is O=C(NC1CCCCC1)[C@H](c1cccs1)N(Cc1cccs1)C(=O)Cc1c[nH]c2ccccc12. The van der Waals surface area contributed by atoms with Crippen LogP contribution in [-0.4, -0.2) is 27.7 Å². The molecule has 2 N–H and O–H groups in total. The molecular formula is C27H29N3O2S2. The normalized spacial score (nSPS) is 15.3. The van der Waals surface area contributed by atoms with E-state index in [9.17, 15) is 9.59 Å². The van der Waals surface area contributed by atoms with Crippen LogP contribution in [0.2, 0.25) is 0 Å². The summed E-state index contributed by atoms with van der Waals surface area (Å²) < 4.78 is 0. The van der Waals surface area contributed by atoms with Crippen molar-refractivity contribution in [2.75, 3.05) is 0 Å². The van der Waals surface area contributed by atoms with Crippen LogP contribution in [0.15, 0.2) is 65.5 Å². The Morgan fingerprint density at radius 2 is 1.79 bits per heavy atom. The van der Waals surface area contributed by atoms with Crippen molar-refractivity contribution in [2.24, 2.45) is 0 Å². The summed E-state index contributed by atoms with van der Waals surface area (Å²) in [7, 11) is 0. The van der Waals surface area contributed by atoms with E-state index in [0.717, 1.165) is 51.9 Å². The fraction of sp³-hybridized carbons (Fsp3) is 0.333. The number of aromatic nitrogens is 1. The number of carbonyl (C=O) groups is 2. The number of hydrogen-bond donors (Lipinski definition) is 2. The average molecular weight is 492 g/mol. The Kier molecular flexibility index (Phi) is 7.11. The largest absolute Gasteiger partial charge is 0.361 e. The minimum Gasteiger partial charge on any atom is -0.361 e. The van der Waals surface area contributed by atoms with Crippen LogP contribution >= 0.6 is 22.7 Å². The third-order valence-electron chi connectivity index (χ3n) is 6.57. The second-order valence-electron chi connectivity index (χ2n) is 8.90. The van der Waals surface area contributed by atoms with Crippen molar-refractivity contribution in [3.8, 4) is 0 Å². The van der Waals surface area contributed by atoms with Crippen molar-refractivity contribution in [3.63, 3.8) is 0 Å². The first kappa shape index (κ1) is 22.9. The predicted octanol–water partition coefficient (Wildman–Crippen LogP) is 6.05. The van der Waals surface area contributed by atoms with E-state index in [1.165, 1.54) is 17.8 Å². The summed E-state index contributed by atoms with van der Waals surface area (Å²) in [5.41, 5.74) is 1.97. The summed E-state index contributed by atoms with van der Waals surface area (Å²) in [6, 6.07) is 15.5. The van der Waals surface area contributed by atoms with Crippen molar-refractivity contribution >= 4 is 45.4 Å². The molecule has 0 aliphatic heterocycles. The van der Waals surface area contributed by atoms with Gasteiger partial charge in [0.25, 0.3) is 0 Å². The van der Waals surface area contributed by atoms with E-state index < -0.39 is 6.04 Å². The fourth-order valence-corrected chi connectivity index (χ4v) is 6.37. The molecule has 4 aromatic rings. The summed E-state index contributed by atoms with van der Waals surface area (Å²) in [4.78, 5) is 34.6. The average Bonchev–Trinajstić information content (AvgIpc) is 3.63. The van der Waals surface area contributed by atoms with Crippen molar-refractivity contribution in [2.45, 2.75) is 57.2 Å². The number of amides is 2. The fourth-order valence-electron chi connectivity index (χ4n) is 4.83. The summed E-state index contributed by atoms with van der Waals surface area (Å²) in [5, 5.41) is 8.32. The Hall–Kier alpha value is -2.90. The van der Waals surface area contributed by atoms with Crippen LogP contribution in [0.3, 0.4) is 0 Å². The van der Waals surface area contributed by atoms with Gasteiger partial charge in [-0.15, -0.1) is 22.7 Å². The van der Waals surface area contributed by atoms with Crippen LogP contribution in [-0.2, 0) is 22.6 Å². The second kappa shape index (κ2) is 10.6. The van der Waals surface area contributed by atoms with E-state index in [2.05, 4.69) is 10.3 Å². The van der Waals surface area contributed by atoms with E-state index in [4.69, 9.17) is 0 Å². The maximum absolute atomic E-state index is 13.9. The molecule has 7 heteroatoms. The number of benzene rings is 1. The van der Waals surface area contributed by atoms with Crippen molar-refractivity contribution in [1.29, 1.82) is 0 Å². The monoisotopic (exact) mass is 491 g/mol. The number of nitrogens with one attached hydrogen (secondary N) is 2. The van der Waals surface area contributed by atoms with Gasteiger partial charge in [-0.2, -0.15) is 0 Å². The minimum absolute atomic E-state index is 0.0460. The number of fused-ring (bicyclic) bond motifs is 1. The molecule has 5 nitrogen and oxygen atoms in total. The van der Waals surface area contributed by atoms with Gasteiger partial charge < -0.3 is 15.2 Å². The van der Waals surface area contributed by atoms with E-state index in [-0.39, 0.29) is 24.3 Å². The highest BCUT2D eigenvalue weighted by Crippen LogP contribution is 2.30.